The number of nitrogens with zero attached hydrogens (tertiary/aromatic N) is 1. The van der Waals surface area contributed by atoms with Crippen molar-refractivity contribution in [3.63, 3.8) is 0 Å². The molecule has 0 aliphatic heterocycles. The number of rotatable bonds is 7. The third kappa shape index (κ3) is 10.7. The van der Waals surface area contributed by atoms with E-state index in [1.807, 2.05) is 0 Å². The lowest BCUT2D eigenvalue weighted by Crippen LogP contribution is -2.18. The van der Waals surface area contributed by atoms with Crippen LogP contribution in [0, 0.1) is 0 Å². The predicted octanol–water partition coefficient (Wildman–Crippen LogP) is 21.9. The van der Waals surface area contributed by atoms with E-state index in [0.29, 0.717) is 0 Å². The van der Waals surface area contributed by atoms with Gasteiger partial charge in [-0.1, -0.05) is 254 Å². The van der Waals surface area contributed by atoms with Gasteiger partial charge in [-0.25, -0.2) is 0 Å². The summed E-state index contributed by atoms with van der Waals surface area (Å²) < 4.78 is 0. The first kappa shape index (κ1) is 54.4. The zero-order valence-corrected chi connectivity index (χ0v) is 50.0. The standard InChI is InChI=1S/C75H87N/c1-69(2,3)54-30-32-60(33-31-54)76(61-34-35-63-62-28-24-25-29-65(62)75(19,20)66(63)47-61)67-46-59(74(16,17)18)45-64(68(67)48-26-22-21-23-27-48)53-37-51(40-56(43-53)71(7,8)9)49-36-50(39-55(38-49)70(4,5)6)52-41-57(72(10,11)12)44-58(42-52)73(13,14)15/h21-47H,1-20H3. The van der Waals surface area contributed by atoms with Crippen LogP contribution in [-0.2, 0) is 37.9 Å². The van der Waals surface area contributed by atoms with Crippen molar-refractivity contribution >= 4 is 17.1 Å². The molecule has 0 atom stereocenters. The first-order valence-corrected chi connectivity index (χ1v) is 28.1. The topological polar surface area (TPSA) is 3.24 Å². The van der Waals surface area contributed by atoms with E-state index in [0.717, 1.165) is 11.4 Å². The highest BCUT2D eigenvalue weighted by Crippen LogP contribution is 2.53. The molecule has 0 N–H and O–H groups in total. The molecule has 76 heavy (non-hydrogen) atoms. The summed E-state index contributed by atoms with van der Waals surface area (Å²) in [7, 11) is 0. The third-order valence-corrected chi connectivity index (χ3v) is 16.3. The largest absolute Gasteiger partial charge is 0.310 e. The molecular weight excluding hydrogens is 915 g/mol. The Kier molecular flexibility index (Phi) is 13.5. The summed E-state index contributed by atoms with van der Waals surface area (Å²) in [5.41, 5.74) is 26.1. The predicted molar refractivity (Wildman–Crippen MR) is 333 cm³/mol. The molecule has 0 aromatic heterocycles. The summed E-state index contributed by atoms with van der Waals surface area (Å²) >= 11 is 0. The molecule has 8 aromatic carbocycles. The molecule has 8 aromatic rings. The molecule has 0 saturated heterocycles. The minimum absolute atomic E-state index is 0.00176. The van der Waals surface area contributed by atoms with Gasteiger partial charge in [0, 0.05) is 22.4 Å². The summed E-state index contributed by atoms with van der Waals surface area (Å²) in [4.78, 5) is 2.57. The minimum Gasteiger partial charge on any atom is -0.310 e. The molecule has 0 fully saturated rings. The van der Waals surface area contributed by atoms with Crippen LogP contribution in [0.3, 0.4) is 0 Å². The highest BCUT2D eigenvalue weighted by atomic mass is 15.1. The van der Waals surface area contributed by atoms with Crippen LogP contribution in [0.2, 0.25) is 0 Å². The van der Waals surface area contributed by atoms with E-state index in [2.05, 4.69) is 307 Å². The SMILES string of the molecule is CC(C)(C)c1ccc(N(c2ccc3c(c2)C(C)(C)c2ccccc2-3)c2cc(C(C)(C)C)cc(-c3cc(-c4cc(-c5cc(C(C)(C)C)cc(C(C)(C)C)c5)cc(C(C)(C)C)c4)cc(C(C)(C)C)c3)c2-c2ccccc2)cc1. The van der Waals surface area contributed by atoms with Crippen molar-refractivity contribution in [3.8, 4) is 55.6 Å². The first-order valence-electron chi connectivity index (χ1n) is 28.1. The Morgan fingerprint density at radius 1 is 0.276 bits per heavy atom. The van der Waals surface area contributed by atoms with Gasteiger partial charge < -0.3 is 4.90 Å². The highest BCUT2D eigenvalue weighted by molar-refractivity contribution is 5.99. The first-order chi connectivity index (χ1) is 35.2. The lowest BCUT2D eigenvalue weighted by atomic mass is 9.77. The fraction of sp³-hybridized carbons (Fsp3) is 0.360. The van der Waals surface area contributed by atoms with Gasteiger partial charge in [0.15, 0.2) is 0 Å². The number of hydrogen-bond donors (Lipinski definition) is 0. The van der Waals surface area contributed by atoms with E-state index in [4.69, 9.17) is 0 Å². The van der Waals surface area contributed by atoms with Gasteiger partial charge in [-0.15, -0.1) is 0 Å². The summed E-state index contributed by atoms with van der Waals surface area (Å²) in [5.74, 6) is 0. The van der Waals surface area contributed by atoms with Crippen molar-refractivity contribution in [1.82, 2.24) is 0 Å². The Morgan fingerprint density at radius 3 is 1.17 bits per heavy atom. The fourth-order valence-corrected chi connectivity index (χ4v) is 11.2. The zero-order valence-electron chi connectivity index (χ0n) is 50.0. The Balaban J connectivity index is 1.37. The smallest absolute Gasteiger partial charge is 0.0549 e. The van der Waals surface area contributed by atoms with Crippen LogP contribution in [0.1, 0.15) is 183 Å². The summed E-state index contributed by atoms with van der Waals surface area (Å²) in [6, 6.07) is 64.0. The highest BCUT2D eigenvalue weighted by Gasteiger charge is 2.37. The van der Waals surface area contributed by atoms with Gasteiger partial charge in [-0.2, -0.15) is 0 Å². The van der Waals surface area contributed by atoms with Gasteiger partial charge in [0.05, 0.1) is 5.69 Å². The molecule has 0 spiro atoms. The Morgan fingerprint density at radius 2 is 0.671 bits per heavy atom. The van der Waals surface area contributed by atoms with Crippen LogP contribution in [0.4, 0.5) is 17.1 Å². The van der Waals surface area contributed by atoms with Crippen molar-refractivity contribution < 1.29 is 0 Å². The Labute approximate surface area is 459 Å². The van der Waals surface area contributed by atoms with Crippen LogP contribution in [-0.4, -0.2) is 0 Å². The average molecular weight is 1000 g/mol. The maximum absolute atomic E-state index is 2.57. The van der Waals surface area contributed by atoms with Crippen LogP contribution in [0.5, 0.6) is 0 Å². The van der Waals surface area contributed by atoms with Crippen molar-refractivity contribution in [2.75, 3.05) is 4.90 Å². The third-order valence-electron chi connectivity index (χ3n) is 16.3. The molecule has 0 saturated carbocycles. The summed E-state index contributed by atoms with van der Waals surface area (Å²) in [5, 5.41) is 0. The van der Waals surface area contributed by atoms with E-state index < -0.39 is 0 Å². The van der Waals surface area contributed by atoms with Crippen LogP contribution >= 0.6 is 0 Å². The second-order valence-electron chi connectivity index (χ2n) is 29.0. The number of anilines is 3. The lowest BCUT2D eigenvalue weighted by molar-refractivity contribution is 0.569. The zero-order chi connectivity index (χ0) is 55.3. The molecule has 392 valence electrons. The second-order valence-corrected chi connectivity index (χ2v) is 29.0. The monoisotopic (exact) mass is 1000 g/mol. The Bertz CT molecular complexity index is 3430. The number of fused-ring (bicyclic) bond motifs is 3. The fourth-order valence-electron chi connectivity index (χ4n) is 11.2. The van der Waals surface area contributed by atoms with Crippen molar-refractivity contribution in [2.45, 2.75) is 176 Å². The van der Waals surface area contributed by atoms with E-state index in [9.17, 15) is 0 Å². The Hall–Kier alpha value is -6.44. The molecule has 0 amide bonds. The molecule has 0 heterocycles. The number of hydrogen-bond acceptors (Lipinski definition) is 1. The molecule has 9 rings (SSSR count). The van der Waals surface area contributed by atoms with Gasteiger partial charge in [-0.3, -0.25) is 0 Å². The van der Waals surface area contributed by atoms with Gasteiger partial charge in [0.1, 0.15) is 0 Å². The van der Waals surface area contributed by atoms with Gasteiger partial charge in [-0.05, 0) is 176 Å². The summed E-state index contributed by atoms with van der Waals surface area (Å²) in [6.07, 6.45) is 0. The molecule has 1 aliphatic carbocycles. The molecule has 1 heteroatoms. The van der Waals surface area contributed by atoms with Crippen molar-refractivity contribution in [1.29, 1.82) is 0 Å². The molecule has 1 aliphatic rings. The molecular formula is C75H87N. The van der Waals surface area contributed by atoms with E-state index in [1.54, 1.807) is 0 Å². The maximum Gasteiger partial charge on any atom is 0.0549 e. The minimum atomic E-state index is -0.171. The molecule has 0 unspecified atom stereocenters. The second kappa shape index (κ2) is 18.9. The maximum atomic E-state index is 2.57. The van der Waals surface area contributed by atoms with Crippen LogP contribution < -0.4 is 4.90 Å². The molecule has 0 radical (unpaired) electrons. The van der Waals surface area contributed by atoms with Gasteiger partial charge >= 0.3 is 0 Å². The van der Waals surface area contributed by atoms with Crippen molar-refractivity contribution in [3.05, 3.63) is 208 Å². The van der Waals surface area contributed by atoms with E-state index in [1.165, 1.54) is 106 Å². The molecule has 0 bridgehead atoms. The van der Waals surface area contributed by atoms with Crippen molar-refractivity contribution in [2.24, 2.45) is 0 Å². The van der Waals surface area contributed by atoms with Gasteiger partial charge in [0.25, 0.3) is 0 Å². The quantitative estimate of drug-likeness (QED) is 0.154. The van der Waals surface area contributed by atoms with Gasteiger partial charge in [0.2, 0.25) is 0 Å². The average Bonchev–Trinajstić information content (AvgIpc) is 3.63. The van der Waals surface area contributed by atoms with E-state index >= 15 is 0 Å². The molecule has 1 nitrogen and oxygen atoms in total. The van der Waals surface area contributed by atoms with Crippen LogP contribution in [0.25, 0.3) is 55.6 Å². The normalized spacial score (nSPS) is 13.9. The van der Waals surface area contributed by atoms with E-state index in [-0.39, 0.29) is 37.9 Å². The lowest BCUT2D eigenvalue weighted by Gasteiger charge is -2.33. The summed E-state index contributed by atoms with van der Waals surface area (Å²) in [6.45, 7) is 47.0. The van der Waals surface area contributed by atoms with Crippen LogP contribution in [0.15, 0.2) is 164 Å². The number of benzene rings is 8.